The molecule has 4 nitrogen and oxygen atoms in total. The molecule has 2 rings (SSSR count). The van der Waals surface area contributed by atoms with Crippen LogP contribution in [0.15, 0.2) is 22.6 Å². The van der Waals surface area contributed by atoms with Crippen molar-refractivity contribution in [1.82, 2.24) is 0 Å². The zero-order valence-corrected chi connectivity index (χ0v) is 9.15. The number of carboxylic acid groups (broad SMARTS) is 1. The van der Waals surface area contributed by atoms with Gasteiger partial charge in [0.2, 0.25) is 0 Å². The summed E-state index contributed by atoms with van der Waals surface area (Å²) >= 11 is 5.96. The van der Waals surface area contributed by atoms with Crippen molar-refractivity contribution >= 4 is 28.5 Å². The van der Waals surface area contributed by atoms with Crippen LogP contribution >= 0.6 is 11.6 Å². The molecule has 1 aromatic heterocycles. The second-order valence-electron chi connectivity index (χ2n) is 3.43. The zero-order chi connectivity index (χ0) is 11.9. The van der Waals surface area contributed by atoms with Crippen LogP contribution in [0.3, 0.4) is 0 Å². The average Bonchev–Trinajstić information content (AvgIpc) is 2.54. The second-order valence-corrected chi connectivity index (χ2v) is 3.83. The maximum absolute atomic E-state index is 10.8. The molecule has 0 radical (unpaired) electrons. The third-order valence-electron chi connectivity index (χ3n) is 2.39. The molecule has 0 saturated heterocycles. The van der Waals surface area contributed by atoms with E-state index >= 15 is 0 Å². The van der Waals surface area contributed by atoms with Gasteiger partial charge >= 0.3 is 5.97 Å². The molecule has 1 unspecified atom stereocenters. The Bertz CT molecular complexity index is 558. The Hall–Kier alpha value is -1.52. The summed E-state index contributed by atoms with van der Waals surface area (Å²) in [4.78, 5) is 10.8. The molecule has 0 saturated carbocycles. The van der Waals surface area contributed by atoms with Gasteiger partial charge in [-0.25, -0.2) is 4.79 Å². The lowest BCUT2D eigenvalue weighted by Crippen LogP contribution is -2.11. The van der Waals surface area contributed by atoms with Crippen LogP contribution in [0.5, 0.6) is 0 Å². The highest BCUT2D eigenvalue weighted by molar-refractivity contribution is 6.35. The standard InChI is InChI=1S/C11H9ClO4/c1-5-8(10(13)11(14)15)9-6(12)3-2-4-7(9)16-5/h2-4,10,13H,1H3,(H,14,15). The van der Waals surface area contributed by atoms with E-state index in [0.29, 0.717) is 21.8 Å². The first kappa shape index (κ1) is 11.0. The second kappa shape index (κ2) is 3.81. The topological polar surface area (TPSA) is 70.7 Å². The fourth-order valence-corrected chi connectivity index (χ4v) is 1.97. The number of halogens is 1. The smallest absolute Gasteiger partial charge is 0.337 e. The van der Waals surface area contributed by atoms with Crippen molar-refractivity contribution in [1.29, 1.82) is 0 Å². The van der Waals surface area contributed by atoms with Gasteiger partial charge in [-0.3, -0.25) is 0 Å². The van der Waals surface area contributed by atoms with Crippen LogP contribution in [-0.4, -0.2) is 16.2 Å². The van der Waals surface area contributed by atoms with E-state index in [1.54, 1.807) is 25.1 Å². The lowest BCUT2D eigenvalue weighted by atomic mass is 10.1. The Balaban J connectivity index is 2.77. The van der Waals surface area contributed by atoms with Crippen LogP contribution < -0.4 is 0 Å². The largest absolute Gasteiger partial charge is 0.479 e. The van der Waals surface area contributed by atoms with Crippen LogP contribution in [0.25, 0.3) is 11.0 Å². The number of aliphatic hydroxyl groups excluding tert-OH is 1. The van der Waals surface area contributed by atoms with Gasteiger partial charge in [-0.2, -0.15) is 0 Å². The minimum absolute atomic E-state index is 0.216. The molecule has 0 aliphatic rings. The SMILES string of the molecule is Cc1oc2cccc(Cl)c2c1C(O)C(=O)O. The highest BCUT2D eigenvalue weighted by atomic mass is 35.5. The third kappa shape index (κ3) is 1.56. The van der Waals surface area contributed by atoms with E-state index in [-0.39, 0.29) is 5.56 Å². The third-order valence-corrected chi connectivity index (χ3v) is 2.71. The molecule has 0 amide bonds. The molecule has 84 valence electrons. The van der Waals surface area contributed by atoms with Crippen molar-refractivity contribution < 1.29 is 19.4 Å². The highest BCUT2D eigenvalue weighted by Crippen LogP contribution is 2.35. The van der Waals surface area contributed by atoms with Crippen molar-refractivity contribution in [2.75, 3.05) is 0 Å². The van der Waals surface area contributed by atoms with Gasteiger partial charge in [0.05, 0.1) is 5.02 Å². The number of benzene rings is 1. The number of aliphatic hydroxyl groups is 1. The molecule has 5 heteroatoms. The summed E-state index contributed by atoms with van der Waals surface area (Å²) in [5.74, 6) is -0.969. The Morgan fingerprint density at radius 2 is 2.19 bits per heavy atom. The minimum Gasteiger partial charge on any atom is -0.479 e. The molecule has 16 heavy (non-hydrogen) atoms. The first-order chi connectivity index (χ1) is 7.52. The van der Waals surface area contributed by atoms with E-state index in [2.05, 4.69) is 0 Å². The van der Waals surface area contributed by atoms with E-state index in [1.807, 2.05) is 0 Å². The molecule has 1 aromatic carbocycles. The molecule has 0 spiro atoms. The summed E-state index contributed by atoms with van der Waals surface area (Å²) in [7, 11) is 0. The minimum atomic E-state index is -1.62. The molecular weight excluding hydrogens is 232 g/mol. The number of aryl methyl sites for hydroxylation is 1. The summed E-state index contributed by atoms with van der Waals surface area (Å²) < 4.78 is 5.34. The normalized spacial score (nSPS) is 12.9. The number of carboxylic acids is 1. The first-order valence-corrected chi connectivity index (χ1v) is 4.98. The van der Waals surface area contributed by atoms with Gasteiger partial charge in [0.25, 0.3) is 0 Å². The van der Waals surface area contributed by atoms with Crippen LogP contribution in [0.4, 0.5) is 0 Å². The van der Waals surface area contributed by atoms with E-state index in [1.165, 1.54) is 0 Å². The molecular formula is C11H9ClO4. The molecule has 1 atom stereocenters. The number of furan rings is 1. The summed E-state index contributed by atoms with van der Waals surface area (Å²) in [5.41, 5.74) is 0.688. The van der Waals surface area contributed by atoms with Gasteiger partial charge in [-0.15, -0.1) is 0 Å². The van der Waals surface area contributed by atoms with Gasteiger partial charge in [-0.1, -0.05) is 17.7 Å². The Morgan fingerprint density at radius 1 is 1.50 bits per heavy atom. The molecule has 2 aromatic rings. The Kier molecular flexibility index (Phi) is 2.61. The molecule has 0 fully saturated rings. The molecule has 0 aliphatic carbocycles. The summed E-state index contributed by atoms with van der Waals surface area (Å²) in [6.45, 7) is 1.60. The Morgan fingerprint density at radius 3 is 2.81 bits per heavy atom. The molecule has 0 aliphatic heterocycles. The van der Waals surface area contributed by atoms with Gasteiger partial charge in [0.15, 0.2) is 6.10 Å². The van der Waals surface area contributed by atoms with E-state index < -0.39 is 12.1 Å². The fraction of sp³-hybridized carbons (Fsp3) is 0.182. The number of hydrogen-bond donors (Lipinski definition) is 2. The van der Waals surface area contributed by atoms with Gasteiger partial charge in [0.1, 0.15) is 11.3 Å². The number of fused-ring (bicyclic) bond motifs is 1. The fourth-order valence-electron chi connectivity index (χ4n) is 1.70. The van der Waals surface area contributed by atoms with Gasteiger partial charge < -0.3 is 14.6 Å². The number of carbonyl (C=O) groups is 1. The number of rotatable bonds is 2. The van der Waals surface area contributed by atoms with Crippen molar-refractivity contribution in [3.05, 3.63) is 34.5 Å². The van der Waals surface area contributed by atoms with E-state index in [0.717, 1.165) is 0 Å². The lowest BCUT2D eigenvalue weighted by Gasteiger charge is -2.04. The molecule has 0 bridgehead atoms. The maximum atomic E-state index is 10.8. The maximum Gasteiger partial charge on any atom is 0.337 e. The van der Waals surface area contributed by atoms with Crippen LogP contribution in [0.2, 0.25) is 5.02 Å². The average molecular weight is 241 g/mol. The molecule has 1 heterocycles. The Labute approximate surface area is 96.1 Å². The number of hydrogen-bond acceptors (Lipinski definition) is 3. The van der Waals surface area contributed by atoms with Crippen LogP contribution in [0.1, 0.15) is 17.4 Å². The first-order valence-electron chi connectivity index (χ1n) is 4.60. The van der Waals surface area contributed by atoms with Crippen molar-refractivity contribution in [3.8, 4) is 0 Å². The van der Waals surface area contributed by atoms with Crippen LogP contribution in [-0.2, 0) is 4.79 Å². The van der Waals surface area contributed by atoms with E-state index in [4.69, 9.17) is 21.1 Å². The summed E-state index contributed by atoms with van der Waals surface area (Å²) in [5, 5.41) is 19.2. The zero-order valence-electron chi connectivity index (χ0n) is 8.40. The highest BCUT2D eigenvalue weighted by Gasteiger charge is 2.25. The van der Waals surface area contributed by atoms with Crippen molar-refractivity contribution in [2.45, 2.75) is 13.0 Å². The summed E-state index contributed by atoms with van der Waals surface area (Å²) in [6.07, 6.45) is -1.62. The monoisotopic (exact) mass is 240 g/mol. The molecule has 2 N–H and O–H groups in total. The number of aliphatic carboxylic acids is 1. The predicted octanol–water partition coefficient (Wildman–Crippen LogP) is 2.51. The van der Waals surface area contributed by atoms with Crippen molar-refractivity contribution in [3.63, 3.8) is 0 Å². The van der Waals surface area contributed by atoms with E-state index in [9.17, 15) is 9.90 Å². The lowest BCUT2D eigenvalue weighted by molar-refractivity contribution is -0.146. The quantitative estimate of drug-likeness (QED) is 0.846. The van der Waals surface area contributed by atoms with Gasteiger partial charge in [-0.05, 0) is 19.1 Å². The van der Waals surface area contributed by atoms with Gasteiger partial charge in [0, 0.05) is 10.9 Å². The predicted molar refractivity (Wildman–Crippen MR) is 58.6 cm³/mol. The summed E-state index contributed by atoms with van der Waals surface area (Å²) in [6, 6.07) is 4.99. The van der Waals surface area contributed by atoms with Crippen LogP contribution in [0, 0.1) is 6.92 Å². The van der Waals surface area contributed by atoms with Crippen molar-refractivity contribution in [2.24, 2.45) is 0 Å².